The van der Waals surface area contributed by atoms with E-state index in [1.54, 1.807) is 11.0 Å². The first-order valence-corrected chi connectivity index (χ1v) is 12.0. The molecule has 2 fully saturated rings. The van der Waals surface area contributed by atoms with Crippen molar-refractivity contribution in [2.75, 3.05) is 45.8 Å². The summed E-state index contributed by atoms with van der Waals surface area (Å²) in [5, 5.41) is 2.72. The number of likely N-dealkylation sites (tertiary alicyclic amines) is 1. The van der Waals surface area contributed by atoms with Crippen LogP contribution < -0.4 is 5.32 Å². The highest BCUT2D eigenvalue weighted by molar-refractivity contribution is 5.97. The van der Waals surface area contributed by atoms with E-state index < -0.39 is 17.8 Å². The number of benzene rings is 1. The van der Waals surface area contributed by atoms with Crippen LogP contribution in [0.15, 0.2) is 24.3 Å². The Morgan fingerprint density at radius 1 is 1.00 bits per heavy atom. The summed E-state index contributed by atoms with van der Waals surface area (Å²) in [7, 11) is 0. The number of halogens is 1. The molecule has 2 aliphatic rings. The molecule has 8 heteroatoms. The molecule has 0 aromatic heterocycles. The maximum Gasteiger partial charge on any atom is 0.254 e. The minimum absolute atomic E-state index is 0.0689. The molecule has 0 saturated carbocycles. The van der Waals surface area contributed by atoms with Crippen LogP contribution in [0.2, 0.25) is 0 Å². The summed E-state index contributed by atoms with van der Waals surface area (Å²) in [6, 6.07) is 5.02. The Hall–Kier alpha value is -2.48. The van der Waals surface area contributed by atoms with Crippen LogP contribution in [0.3, 0.4) is 0 Å². The van der Waals surface area contributed by atoms with Crippen molar-refractivity contribution in [2.45, 2.75) is 40.2 Å². The monoisotopic (exact) mass is 460 g/mol. The lowest BCUT2D eigenvalue weighted by Gasteiger charge is -2.39. The predicted octanol–water partition coefficient (Wildman–Crippen LogP) is 2.23. The van der Waals surface area contributed by atoms with E-state index in [-0.39, 0.29) is 23.3 Å². The Morgan fingerprint density at radius 2 is 1.61 bits per heavy atom. The lowest BCUT2D eigenvalue weighted by Crippen LogP contribution is -2.57. The first kappa shape index (κ1) is 25.1. The van der Waals surface area contributed by atoms with E-state index in [1.807, 2.05) is 18.7 Å². The largest absolute Gasteiger partial charge is 0.341 e. The van der Waals surface area contributed by atoms with Gasteiger partial charge in [-0.1, -0.05) is 39.8 Å². The molecule has 7 nitrogen and oxygen atoms in total. The number of nitrogens with zero attached hydrogens (tertiary/aromatic N) is 3. The molecular weight excluding hydrogens is 423 g/mol. The van der Waals surface area contributed by atoms with Crippen molar-refractivity contribution in [1.82, 2.24) is 20.0 Å². The Bertz CT molecular complexity index is 844. The third kappa shape index (κ3) is 6.53. The third-order valence-corrected chi connectivity index (χ3v) is 6.60. The fourth-order valence-corrected chi connectivity index (χ4v) is 4.86. The zero-order valence-electron chi connectivity index (χ0n) is 20.2. The minimum atomic E-state index is -0.735. The summed E-state index contributed by atoms with van der Waals surface area (Å²) >= 11 is 0. The molecule has 0 radical (unpaired) electrons. The van der Waals surface area contributed by atoms with Crippen LogP contribution in [-0.2, 0) is 9.59 Å². The van der Waals surface area contributed by atoms with Crippen LogP contribution in [0.4, 0.5) is 4.39 Å². The molecule has 1 N–H and O–H groups in total. The van der Waals surface area contributed by atoms with Gasteiger partial charge < -0.3 is 15.1 Å². The molecule has 2 aliphatic heterocycles. The quantitative estimate of drug-likeness (QED) is 0.707. The molecule has 3 amide bonds. The fourth-order valence-electron chi connectivity index (χ4n) is 4.86. The fraction of sp³-hybridized carbons (Fsp3) is 0.640. The molecule has 3 atom stereocenters. The Balaban J connectivity index is 1.53. The van der Waals surface area contributed by atoms with Crippen molar-refractivity contribution in [1.29, 1.82) is 0 Å². The van der Waals surface area contributed by atoms with E-state index in [0.29, 0.717) is 44.6 Å². The van der Waals surface area contributed by atoms with Crippen LogP contribution >= 0.6 is 0 Å². The van der Waals surface area contributed by atoms with Crippen molar-refractivity contribution in [3.05, 3.63) is 35.6 Å². The second-order valence-electron chi connectivity index (χ2n) is 10.0. The average molecular weight is 461 g/mol. The smallest absolute Gasteiger partial charge is 0.254 e. The zero-order chi connectivity index (χ0) is 24.1. The van der Waals surface area contributed by atoms with Crippen molar-refractivity contribution < 1.29 is 18.8 Å². The van der Waals surface area contributed by atoms with Gasteiger partial charge in [-0.15, -0.1) is 0 Å². The lowest BCUT2D eigenvalue weighted by atomic mass is 9.92. The number of piperazine rings is 1. The van der Waals surface area contributed by atoms with Gasteiger partial charge >= 0.3 is 0 Å². The Labute approximate surface area is 196 Å². The minimum Gasteiger partial charge on any atom is -0.341 e. The molecule has 3 rings (SSSR count). The average Bonchev–Trinajstić information content (AvgIpc) is 2.76. The van der Waals surface area contributed by atoms with E-state index in [1.165, 1.54) is 18.2 Å². The highest BCUT2D eigenvalue weighted by Gasteiger charge is 2.32. The zero-order valence-corrected chi connectivity index (χ0v) is 20.2. The molecule has 1 aromatic rings. The second-order valence-corrected chi connectivity index (χ2v) is 10.0. The summed E-state index contributed by atoms with van der Waals surface area (Å²) in [5.74, 6) is -0.296. The van der Waals surface area contributed by atoms with Gasteiger partial charge in [-0.3, -0.25) is 19.3 Å². The molecule has 0 spiro atoms. The van der Waals surface area contributed by atoms with Crippen LogP contribution in [0.25, 0.3) is 0 Å². The summed E-state index contributed by atoms with van der Waals surface area (Å²) < 4.78 is 14.0. The molecule has 2 saturated heterocycles. The molecule has 0 aliphatic carbocycles. The number of amides is 3. The predicted molar refractivity (Wildman–Crippen MR) is 125 cm³/mol. The summed E-state index contributed by atoms with van der Waals surface area (Å²) in [6.45, 7) is 12.3. The molecule has 3 unspecified atom stereocenters. The molecule has 182 valence electrons. The number of carbonyl (C=O) groups excluding carboxylic acids is 3. The molecule has 33 heavy (non-hydrogen) atoms. The van der Waals surface area contributed by atoms with Crippen LogP contribution in [0.5, 0.6) is 0 Å². The van der Waals surface area contributed by atoms with E-state index in [4.69, 9.17) is 0 Å². The van der Waals surface area contributed by atoms with Gasteiger partial charge in [0.1, 0.15) is 11.9 Å². The summed E-state index contributed by atoms with van der Waals surface area (Å²) in [4.78, 5) is 44.3. The number of hydrogen-bond acceptors (Lipinski definition) is 4. The lowest BCUT2D eigenvalue weighted by molar-refractivity contribution is -0.138. The molecule has 1 aromatic carbocycles. The molecule has 0 bridgehead atoms. The van der Waals surface area contributed by atoms with Crippen molar-refractivity contribution >= 4 is 17.7 Å². The van der Waals surface area contributed by atoms with Crippen molar-refractivity contribution in [2.24, 2.45) is 17.8 Å². The highest BCUT2D eigenvalue weighted by Crippen LogP contribution is 2.21. The number of hydrogen-bond donors (Lipinski definition) is 1. The Kier molecular flexibility index (Phi) is 8.46. The summed E-state index contributed by atoms with van der Waals surface area (Å²) in [5.41, 5.74) is -0.0689. The number of rotatable bonds is 6. The van der Waals surface area contributed by atoms with Crippen molar-refractivity contribution in [3.8, 4) is 0 Å². The van der Waals surface area contributed by atoms with E-state index in [2.05, 4.69) is 24.1 Å². The molecule has 2 heterocycles. The topological polar surface area (TPSA) is 73.0 Å². The number of piperidine rings is 1. The van der Waals surface area contributed by atoms with Crippen LogP contribution in [0.1, 0.15) is 44.5 Å². The maximum atomic E-state index is 14.0. The maximum absolute atomic E-state index is 14.0. The van der Waals surface area contributed by atoms with Gasteiger partial charge in [0.25, 0.3) is 5.91 Å². The standard InChI is InChI=1S/C25H37FN4O3/c1-17(2)23(27-24(32)20-7-5-6-8-21(20)26)25(33)29-11-9-28(10-12-29)16-22(31)30-14-18(3)13-19(4)15-30/h5-8,17-19,23H,9-16H2,1-4H3,(H,27,32). The van der Waals surface area contributed by atoms with E-state index >= 15 is 0 Å². The SMILES string of the molecule is CC1CC(C)CN(C(=O)CN2CCN(C(=O)C(NC(=O)c3ccccc3F)C(C)C)CC2)C1. The highest BCUT2D eigenvalue weighted by atomic mass is 19.1. The third-order valence-electron chi connectivity index (χ3n) is 6.60. The summed E-state index contributed by atoms with van der Waals surface area (Å²) in [6.07, 6.45) is 1.16. The van der Waals surface area contributed by atoms with Crippen molar-refractivity contribution in [3.63, 3.8) is 0 Å². The van der Waals surface area contributed by atoms with Gasteiger partial charge in [0.2, 0.25) is 11.8 Å². The van der Waals surface area contributed by atoms with Gasteiger partial charge in [-0.25, -0.2) is 4.39 Å². The normalized spacial score (nSPS) is 22.8. The first-order valence-electron chi connectivity index (χ1n) is 12.0. The van der Waals surface area contributed by atoms with E-state index in [9.17, 15) is 18.8 Å². The second kappa shape index (κ2) is 11.1. The van der Waals surface area contributed by atoms with E-state index in [0.717, 1.165) is 19.5 Å². The van der Waals surface area contributed by atoms with Gasteiger partial charge in [-0.05, 0) is 36.3 Å². The first-order chi connectivity index (χ1) is 15.7. The number of nitrogens with one attached hydrogen (secondary N) is 1. The molecular formula is C25H37FN4O3. The van der Waals surface area contributed by atoms with Gasteiger partial charge in [0.05, 0.1) is 12.1 Å². The number of carbonyl (C=O) groups is 3. The van der Waals surface area contributed by atoms with Gasteiger partial charge in [-0.2, -0.15) is 0 Å². The van der Waals surface area contributed by atoms with Gasteiger partial charge in [0.15, 0.2) is 0 Å². The Morgan fingerprint density at radius 3 is 2.18 bits per heavy atom. The van der Waals surface area contributed by atoms with Crippen LogP contribution in [0, 0.1) is 23.6 Å². The van der Waals surface area contributed by atoms with Gasteiger partial charge in [0, 0.05) is 39.3 Å². The van der Waals surface area contributed by atoms with Crippen LogP contribution in [-0.4, -0.2) is 84.3 Å².